The summed E-state index contributed by atoms with van der Waals surface area (Å²) in [5.74, 6) is 0.361. The van der Waals surface area contributed by atoms with Crippen molar-refractivity contribution < 1.29 is 4.79 Å². The summed E-state index contributed by atoms with van der Waals surface area (Å²) < 4.78 is 1.75. The molecule has 1 heterocycles. The predicted molar refractivity (Wildman–Crippen MR) is 66.7 cm³/mol. The number of nitrogens with two attached hydrogens (primary N) is 1. The maximum absolute atomic E-state index is 11.8. The highest BCUT2D eigenvalue weighted by atomic mass is 16.1. The van der Waals surface area contributed by atoms with E-state index in [0.29, 0.717) is 17.1 Å². The zero-order valence-electron chi connectivity index (χ0n) is 9.55. The molecule has 3 N–H and O–H groups in total. The summed E-state index contributed by atoms with van der Waals surface area (Å²) in [6.45, 7) is 2.76. The first-order chi connectivity index (χ1) is 8.19. The Morgan fingerprint density at radius 1 is 1.35 bits per heavy atom. The van der Waals surface area contributed by atoms with Gasteiger partial charge in [0, 0.05) is 30.1 Å². The molecule has 0 atom stereocenters. The molecule has 0 aliphatic rings. The fourth-order valence-electron chi connectivity index (χ4n) is 1.43. The molecule has 88 valence electrons. The molecule has 0 bridgehead atoms. The maximum Gasteiger partial charge on any atom is 0.256 e. The van der Waals surface area contributed by atoms with Gasteiger partial charge in [-0.25, -0.2) is 0 Å². The third-order valence-electron chi connectivity index (χ3n) is 2.38. The minimum Gasteiger partial charge on any atom is -0.399 e. The first kappa shape index (κ1) is 11.2. The number of anilines is 2. The Balaban J connectivity index is 2.08. The number of carbonyl (C=O) groups is 1. The van der Waals surface area contributed by atoms with Crippen LogP contribution in [0.1, 0.15) is 17.3 Å². The predicted octanol–water partition coefficient (Wildman–Crippen LogP) is 1.74. The number of hydrogen-bond donors (Lipinski definition) is 2. The molecule has 1 aromatic heterocycles. The number of carbonyl (C=O) groups excluding carboxylic acids is 1. The minimum absolute atomic E-state index is 0.189. The molecule has 0 radical (unpaired) electrons. The summed E-state index contributed by atoms with van der Waals surface area (Å²) in [6, 6.07) is 8.51. The second kappa shape index (κ2) is 4.69. The normalized spacial score (nSPS) is 10.2. The smallest absolute Gasteiger partial charge is 0.256 e. The van der Waals surface area contributed by atoms with Crippen molar-refractivity contribution in [3.63, 3.8) is 0 Å². The van der Waals surface area contributed by atoms with Gasteiger partial charge in [0.2, 0.25) is 0 Å². The number of benzene rings is 1. The van der Waals surface area contributed by atoms with Crippen LogP contribution < -0.4 is 11.1 Å². The molecule has 0 aliphatic carbocycles. The van der Waals surface area contributed by atoms with Crippen molar-refractivity contribution >= 4 is 17.4 Å². The van der Waals surface area contributed by atoms with E-state index >= 15 is 0 Å². The van der Waals surface area contributed by atoms with Gasteiger partial charge in [-0.3, -0.25) is 9.48 Å². The van der Waals surface area contributed by atoms with E-state index in [1.54, 1.807) is 35.0 Å². The highest BCUT2D eigenvalue weighted by Crippen LogP contribution is 2.09. The van der Waals surface area contributed by atoms with Gasteiger partial charge in [0.25, 0.3) is 5.91 Å². The van der Waals surface area contributed by atoms with Crippen molar-refractivity contribution in [3.8, 4) is 0 Å². The van der Waals surface area contributed by atoms with E-state index in [1.165, 1.54) is 0 Å². The van der Waals surface area contributed by atoms with Gasteiger partial charge in [0.15, 0.2) is 5.82 Å². The van der Waals surface area contributed by atoms with Gasteiger partial charge in [-0.1, -0.05) is 0 Å². The zero-order valence-corrected chi connectivity index (χ0v) is 9.55. The summed E-state index contributed by atoms with van der Waals surface area (Å²) in [4.78, 5) is 11.8. The Labute approximate surface area is 99.2 Å². The lowest BCUT2D eigenvalue weighted by Crippen LogP contribution is -2.12. The van der Waals surface area contributed by atoms with Crippen LogP contribution in [0.5, 0.6) is 0 Å². The van der Waals surface area contributed by atoms with Crippen molar-refractivity contribution in [2.75, 3.05) is 11.1 Å². The van der Waals surface area contributed by atoms with Gasteiger partial charge in [-0.15, -0.1) is 0 Å². The molecule has 5 nitrogen and oxygen atoms in total. The van der Waals surface area contributed by atoms with Gasteiger partial charge in [0.05, 0.1) is 0 Å². The molecule has 0 fully saturated rings. The monoisotopic (exact) mass is 230 g/mol. The van der Waals surface area contributed by atoms with Gasteiger partial charge >= 0.3 is 0 Å². The van der Waals surface area contributed by atoms with Crippen molar-refractivity contribution in [2.24, 2.45) is 0 Å². The van der Waals surface area contributed by atoms with Crippen LogP contribution in [0.25, 0.3) is 0 Å². The van der Waals surface area contributed by atoms with Crippen molar-refractivity contribution in [1.82, 2.24) is 9.78 Å². The lowest BCUT2D eigenvalue weighted by Gasteiger charge is -2.02. The van der Waals surface area contributed by atoms with Crippen LogP contribution in [0, 0.1) is 0 Å². The number of aryl methyl sites for hydroxylation is 1. The Bertz CT molecular complexity index is 516. The number of nitrogens with one attached hydrogen (secondary N) is 1. The molecule has 2 rings (SSSR count). The molecule has 1 amide bonds. The third kappa shape index (κ3) is 2.63. The number of aromatic nitrogens is 2. The summed E-state index contributed by atoms with van der Waals surface area (Å²) in [5.41, 5.74) is 6.75. The average Bonchev–Trinajstić information content (AvgIpc) is 2.77. The summed E-state index contributed by atoms with van der Waals surface area (Å²) in [6.07, 6.45) is 1.82. The summed E-state index contributed by atoms with van der Waals surface area (Å²) >= 11 is 0. The number of amides is 1. The second-order valence-electron chi connectivity index (χ2n) is 3.63. The maximum atomic E-state index is 11.8. The zero-order chi connectivity index (χ0) is 12.3. The molecule has 0 saturated heterocycles. The van der Waals surface area contributed by atoms with Crippen LogP contribution in [0.15, 0.2) is 36.5 Å². The molecule has 17 heavy (non-hydrogen) atoms. The molecule has 0 saturated carbocycles. The lowest BCUT2D eigenvalue weighted by atomic mass is 10.2. The van der Waals surface area contributed by atoms with Gasteiger partial charge in [0.1, 0.15) is 0 Å². The second-order valence-corrected chi connectivity index (χ2v) is 3.63. The minimum atomic E-state index is -0.189. The Morgan fingerprint density at radius 3 is 2.65 bits per heavy atom. The van der Waals surface area contributed by atoms with E-state index in [0.717, 1.165) is 6.54 Å². The van der Waals surface area contributed by atoms with E-state index in [1.807, 2.05) is 13.1 Å². The van der Waals surface area contributed by atoms with Crippen LogP contribution >= 0.6 is 0 Å². The molecule has 1 aromatic carbocycles. The molecular formula is C12H14N4O. The third-order valence-corrected chi connectivity index (χ3v) is 2.38. The molecule has 0 aliphatic heterocycles. The Morgan fingerprint density at radius 2 is 2.06 bits per heavy atom. The number of nitrogen functional groups attached to an aromatic ring is 1. The first-order valence-electron chi connectivity index (χ1n) is 5.39. The molecular weight excluding hydrogens is 216 g/mol. The summed E-state index contributed by atoms with van der Waals surface area (Å²) in [5, 5.41) is 6.89. The van der Waals surface area contributed by atoms with Crippen LogP contribution in [0.3, 0.4) is 0 Å². The molecule has 0 unspecified atom stereocenters. The van der Waals surface area contributed by atoms with Crippen LogP contribution in [-0.2, 0) is 6.54 Å². The quantitative estimate of drug-likeness (QED) is 0.789. The van der Waals surface area contributed by atoms with Gasteiger partial charge in [-0.05, 0) is 31.2 Å². The van der Waals surface area contributed by atoms with Crippen LogP contribution in [-0.4, -0.2) is 15.7 Å². The van der Waals surface area contributed by atoms with Crippen molar-refractivity contribution in [3.05, 3.63) is 42.1 Å². The van der Waals surface area contributed by atoms with E-state index in [4.69, 9.17) is 5.73 Å². The number of nitrogens with zero attached hydrogens (tertiary/aromatic N) is 2. The fraction of sp³-hybridized carbons (Fsp3) is 0.167. The highest BCUT2D eigenvalue weighted by molar-refractivity contribution is 6.03. The van der Waals surface area contributed by atoms with E-state index in [2.05, 4.69) is 10.4 Å². The molecule has 2 aromatic rings. The first-order valence-corrected chi connectivity index (χ1v) is 5.39. The van der Waals surface area contributed by atoms with E-state index in [9.17, 15) is 4.79 Å². The van der Waals surface area contributed by atoms with E-state index in [-0.39, 0.29) is 5.91 Å². The number of hydrogen-bond acceptors (Lipinski definition) is 3. The van der Waals surface area contributed by atoms with Gasteiger partial charge < -0.3 is 11.1 Å². The topological polar surface area (TPSA) is 72.9 Å². The highest BCUT2D eigenvalue weighted by Gasteiger charge is 2.07. The average molecular weight is 230 g/mol. The van der Waals surface area contributed by atoms with Gasteiger partial charge in [-0.2, -0.15) is 5.10 Å². The summed E-state index contributed by atoms with van der Waals surface area (Å²) in [7, 11) is 0. The number of rotatable bonds is 3. The lowest BCUT2D eigenvalue weighted by molar-refractivity contribution is 0.102. The molecule has 0 spiro atoms. The Hall–Kier alpha value is -2.30. The molecule has 5 heteroatoms. The van der Waals surface area contributed by atoms with Crippen molar-refractivity contribution in [2.45, 2.75) is 13.5 Å². The van der Waals surface area contributed by atoms with Crippen LogP contribution in [0.2, 0.25) is 0 Å². The largest absolute Gasteiger partial charge is 0.399 e. The Kier molecular flexibility index (Phi) is 3.09. The SMILES string of the molecule is CCn1ccc(NC(=O)c2ccc(N)cc2)n1. The van der Waals surface area contributed by atoms with E-state index < -0.39 is 0 Å². The van der Waals surface area contributed by atoms with Crippen LogP contribution in [0.4, 0.5) is 11.5 Å². The van der Waals surface area contributed by atoms with Crippen molar-refractivity contribution in [1.29, 1.82) is 0 Å². The fourth-order valence-corrected chi connectivity index (χ4v) is 1.43. The standard InChI is InChI=1S/C12H14N4O/c1-2-16-8-7-11(15-16)14-12(17)9-3-5-10(13)6-4-9/h3-8H,2,13H2,1H3,(H,14,15,17).